The molecule has 4 nitrogen and oxygen atoms in total. The molecule has 0 aliphatic carbocycles. The number of benzene rings is 1. The van der Waals surface area contributed by atoms with Crippen LogP contribution in [0.5, 0.6) is 5.88 Å². The highest BCUT2D eigenvalue weighted by atomic mass is 19.1. The minimum absolute atomic E-state index is 0.0232. The van der Waals surface area contributed by atoms with Crippen LogP contribution in [0.4, 0.5) is 4.39 Å². The molecule has 0 saturated carbocycles. The van der Waals surface area contributed by atoms with Crippen LogP contribution in [-0.4, -0.2) is 23.4 Å². The van der Waals surface area contributed by atoms with Gasteiger partial charge in [0.15, 0.2) is 12.1 Å². The van der Waals surface area contributed by atoms with Crippen molar-refractivity contribution < 1.29 is 13.9 Å². The lowest BCUT2D eigenvalue weighted by Gasteiger charge is -2.04. The molecule has 0 radical (unpaired) electrons. The molecule has 15 heavy (non-hydrogen) atoms. The second-order valence-electron chi connectivity index (χ2n) is 2.87. The quantitative estimate of drug-likeness (QED) is 0.700. The van der Waals surface area contributed by atoms with E-state index in [4.69, 9.17) is 4.74 Å². The van der Waals surface area contributed by atoms with E-state index in [9.17, 15) is 9.18 Å². The lowest BCUT2D eigenvalue weighted by Crippen LogP contribution is -1.98. The summed E-state index contributed by atoms with van der Waals surface area (Å²) < 4.78 is 17.9. The summed E-state index contributed by atoms with van der Waals surface area (Å²) in [6.07, 6.45) is 0.493. The van der Waals surface area contributed by atoms with Gasteiger partial charge in [-0.2, -0.15) is 4.98 Å². The number of ether oxygens (including phenoxy) is 1. The number of nitrogens with zero attached hydrogens (tertiary/aromatic N) is 2. The molecule has 0 fully saturated rings. The van der Waals surface area contributed by atoms with Crippen LogP contribution in [0.25, 0.3) is 10.9 Å². The Hall–Kier alpha value is -2.04. The van der Waals surface area contributed by atoms with E-state index >= 15 is 0 Å². The third-order valence-corrected chi connectivity index (χ3v) is 1.94. The van der Waals surface area contributed by atoms with Gasteiger partial charge in [-0.15, -0.1) is 0 Å². The van der Waals surface area contributed by atoms with E-state index in [1.165, 1.54) is 25.3 Å². The molecule has 1 aromatic carbocycles. The average Bonchev–Trinajstić information content (AvgIpc) is 2.26. The second kappa shape index (κ2) is 3.61. The van der Waals surface area contributed by atoms with Gasteiger partial charge in [-0.05, 0) is 12.1 Å². The summed E-state index contributed by atoms with van der Waals surface area (Å²) in [6.45, 7) is 0. The summed E-state index contributed by atoms with van der Waals surface area (Å²) in [5.41, 5.74) is 0.351. The Morgan fingerprint density at radius 2 is 2.20 bits per heavy atom. The predicted molar refractivity (Wildman–Crippen MR) is 51.4 cm³/mol. The molecule has 0 aliphatic heterocycles. The fourth-order valence-corrected chi connectivity index (χ4v) is 1.30. The van der Waals surface area contributed by atoms with Crippen LogP contribution in [0.3, 0.4) is 0 Å². The molecule has 76 valence electrons. The van der Waals surface area contributed by atoms with Crippen LogP contribution >= 0.6 is 0 Å². The maximum absolute atomic E-state index is 12.9. The van der Waals surface area contributed by atoms with E-state index in [-0.39, 0.29) is 11.7 Å². The molecule has 2 rings (SSSR count). The van der Waals surface area contributed by atoms with Crippen molar-refractivity contribution in [1.29, 1.82) is 0 Å². The Morgan fingerprint density at radius 3 is 2.87 bits per heavy atom. The maximum atomic E-state index is 12.9. The van der Waals surface area contributed by atoms with E-state index < -0.39 is 5.82 Å². The molecule has 0 aliphatic rings. The van der Waals surface area contributed by atoms with Gasteiger partial charge in [-0.3, -0.25) is 4.79 Å². The first-order valence-electron chi connectivity index (χ1n) is 4.21. The molecule has 2 aromatic rings. The molecule has 0 atom stereocenters. The van der Waals surface area contributed by atoms with Crippen molar-refractivity contribution >= 4 is 17.2 Å². The molecule has 0 bridgehead atoms. The van der Waals surface area contributed by atoms with Crippen molar-refractivity contribution in [2.24, 2.45) is 0 Å². The molecule has 5 heteroatoms. The van der Waals surface area contributed by atoms with Crippen molar-refractivity contribution in [1.82, 2.24) is 9.97 Å². The first-order valence-corrected chi connectivity index (χ1v) is 4.21. The predicted octanol–water partition coefficient (Wildman–Crippen LogP) is 1.59. The minimum Gasteiger partial charge on any atom is -0.480 e. The van der Waals surface area contributed by atoms with E-state index in [1.54, 1.807) is 0 Å². The summed E-state index contributed by atoms with van der Waals surface area (Å²) in [7, 11) is 1.43. The van der Waals surface area contributed by atoms with Gasteiger partial charge in [0.1, 0.15) is 5.82 Å². The number of carbonyl (C=O) groups is 1. The second-order valence-corrected chi connectivity index (χ2v) is 2.87. The molecule has 0 N–H and O–H groups in total. The molecule has 0 saturated heterocycles. The smallest absolute Gasteiger partial charge is 0.224 e. The highest BCUT2D eigenvalue weighted by Gasteiger charge is 2.07. The van der Waals surface area contributed by atoms with Crippen molar-refractivity contribution in [3.63, 3.8) is 0 Å². The van der Waals surface area contributed by atoms with Crippen LogP contribution in [0.1, 0.15) is 10.6 Å². The van der Waals surface area contributed by atoms with Crippen molar-refractivity contribution in [3.05, 3.63) is 29.8 Å². The average molecular weight is 206 g/mol. The van der Waals surface area contributed by atoms with Crippen LogP contribution in [0.2, 0.25) is 0 Å². The summed E-state index contributed by atoms with van der Waals surface area (Å²) in [5.74, 6) is -0.174. The number of rotatable bonds is 2. The first kappa shape index (κ1) is 9.51. The highest BCUT2D eigenvalue weighted by Crippen LogP contribution is 2.22. The van der Waals surface area contributed by atoms with Gasteiger partial charge in [0.25, 0.3) is 0 Å². The van der Waals surface area contributed by atoms with E-state index in [2.05, 4.69) is 9.97 Å². The van der Waals surface area contributed by atoms with Crippen molar-refractivity contribution in [3.8, 4) is 5.88 Å². The zero-order valence-corrected chi connectivity index (χ0v) is 7.90. The molecule has 0 amide bonds. The third-order valence-electron chi connectivity index (χ3n) is 1.94. The standard InChI is InChI=1S/C10H7FN2O2/c1-15-10-7-3-2-6(11)4-8(7)12-9(5-14)13-10/h2-5H,1H3. The zero-order chi connectivity index (χ0) is 10.8. The Kier molecular flexibility index (Phi) is 2.29. The summed E-state index contributed by atoms with van der Waals surface area (Å²) >= 11 is 0. The van der Waals surface area contributed by atoms with Crippen LogP contribution in [0.15, 0.2) is 18.2 Å². The van der Waals surface area contributed by atoms with E-state index in [1.807, 2.05) is 0 Å². The van der Waals surface area contributed by atoms with Gasteiger partial charge in [-0.1, -0.05) is 0 Å². The van der Waals surface area contributed by atoms with E-state index in [0.29, 0.717) is 17.2 Å². The van der Waals surface area contributed by atoms with Gasteiger partial charge in [0.2, 0.25) is 5.88 Å². The van der Waals surface area contributed by atoms with Gasteiger partial charge in [0, 0.05) is 6.07 Å². The lowest BCUT2D eigenvalue weighted by molar-refractivity contribution is 0.111. The van der Waals surface area contributed by atoms with Crippen molar-refractivity contribution in [2.45, 2.75) is 0 Å². The number of aldehydes is 1. The van der Waals surface area contributed by atoms with Crippen LogP contribution < -0.4 is 4.74 Å². The van der Waals surface area contributed by atoms with Crippen LogP contribution in [0, 0.1) is 5.82 Å². The summed E-state index contributed by atoms with van der Waals surface area (Å²) in [4.78, 5) is 18.2. The monoisotopic (exact) mass is 206 g/mol. The Labute approximate surface area is 84.7 Å². The van der Waals surface area contributed by atoms with Gasteiger partial charge < -0.3 is 4.74 Å². The van der Waals surface area contributed by atoms with Gasteiger partial charge in [-0.25, -0.2) is 9.37 Å². The zero-order valence-electron chi connectivity index (χ0n) is 7.90. The third kappa shape index (κ3) is 1.63. The SMILES string of the molecule is COc1nc(C=O)nc2cc(F)ccc12. The maximum Gasteiger partial charge on any atom is 0.224 e. The topological polar surface area (TPSA) is 52.1 Å². The number of methoxy groups -OCH3 is 1. The number of aromatic nitrogens is 2. The fraction of sp³-hybridized carbons (Fsp3) is 0.100. The summed E-state index contributed by atoms with van der Waals surface area (Å²) in [5, 5.41) is 0.574. The molecule has 0 spiro atoms. The molecule has 1 aromatic heterocycles. The number of hydrogen-bond acceptors (Lipinski definition) is 4. The normalized spacial score (nSPS) is 10.3. The van der Waals surface area contributed by atoms with E-state index in [0.717, 1.165) is 0 Å². The van der Waals surface area contributed by atoms with Gasteiger partial charge >= 0.3 is 0 Å². The first-order chi connectivity index (χ1) is 7.24. The fourth-order valence-electron chi connectivity index (χ4n) is 1.30. The minimum atomic E-state index is -0.417. The van der Waals surface area contributed by atoms with Crippen LogP contribution in [-0.2, 0) is 0 Å². The largest absolute Gasteiger partial charge is 0.480 e. The Morgan fingerprint density at radius 1 is 1.40 bits per heavy atom. The number of carbonyl (C=O) groups excluding carboxylic acids is 1. The number of halogens is 1. The molecule has 1 heterocycles. The number of hydrogen-bond donors (Lipinski definition) is 0. The lowest BCUT2D eigenvalue weighted by atomic mass is 10.2. The Bertz CT molecular complexity index is 528. The Balaban J connectivity index is 2.80. The summed E-state index contributed by atoms with van der Waals surface area (Å²) in [6, 6.07) is 4.03. The van der Waals surface area contributed by atoms with Crippen molar-refractivity contribution in [2.75, 3.05) is 7.11 Å². The molecule has 0 unspecified atom stereocenters. The number of fused-ring (bicyclic) bond motifs is 1. The molecular weight excluding hydrogens is 199 g/mol. The highest BCUT2D eigenvalue weighted by molar-refractivity contribution is 5.86. The van der Waals surface area contributed by atoms with Gasteiger partial charge in [0.05, 0.1) is 18.0 Å². The molecular formula is C10H7FN2O2.